The van der Waals surface area contributed by atoms with Gasteiger partial charge in [-0.25, -0.2) is 0 Å². The summed E-state index contributed by atoms with van der Waals surface area (Å²) in [5.41, 5.74) is 2.19. The van der Waals surface area contributed by atoms with Gasteiger partial charge in [0.1, 0.15) is 0 Å². The van der Waals surface area contributed by atoms with Crippen molar-refractivity contribution in [1.29, 1.82) is 0 Å². The molecule has 0 radical (unpaired) electrons. The lowest BCUT2D eigenvalue weighted by Gasteiger charge is -2.16. The monoisotopic (exact) mass is 232 g/mol. The number of fused-ring (bicyclic) bond motifs is 1. The van der Waals surface area contributed by atoms with Crippen LogP contribution in [-0.4, -0.2) is 6.79 Å². The van der Waals surface area contributed by atoms with Gasteiger partial charge in [0.25, 0.3) is 0 Å². The molecule has 3 rings (SSSR count). The molecule has 1 aliphatic carbocycles. The third-order valence-corrected chi connectivity index (χ3v) is 5.95. The molecule has 17 heavy (non-hydrogen) atoms. The average molecular weight is 232 g/mol. The van der Waals surface area contributed by atoms with Gasteiger partial charge in [0.2, 0.25) is 6.79 Å². The van der Waals surface area contributed by atoms with E-state index >= 15 is 0 Å². The fourth-order valence-corrected chi connectivity index (χ4v) is 3.52. The number of hydrogen-bond acceptors (Lipinski definition) is 2. The Morgan fingerprint density at radius 3 is 2.06 bits per heavy atom. The van der Waals surface area contributed by atoms with Crippen LogP contribution in [0.2, 0.25) is 0 Å². The van der Waals surface area contributed by atoms with E-state index in [4.69, 9.17) is 9.47 Å². The molecular formula is C15H20O2. The summed E-state index contributed by atoms with van der Waals surface area (Å²) < 4.78 is 10.8. The van der Waals surface area contributed by atoms with Crippen LogP contribution < -0.4 is 9.47 Å². The van der Waals surface area contributed by atoms with Gasteiger partial charge in [-0.1, -0.05) is 40.7 Å². The Morgan fingerprint density at radius 2 is 1.47 bits per heavy atom. The molecule has 0 saturated heterocycles. The normalized spacial score (nSPS) is 25.7. The van der Waals surface area contributed by atoms with Gasteiger partial charge in [0.05, 0.1) is 0 Å². The Kier molecular flexibility index (Phi) is 1.80. The third kappa shape index (κ3) is 1.02. The van der Waals surface area contributed by atoms with Gasteiger partial charge >= 0.3 is 0 Å². The first kappa shape index (κ1) is 10.9. The zero-order valence-corrected chi connectivity index (χ0v) is 11.3. The van der Waals surface area contributed by atoms with Gasteiger partial charge in [0.15, 0.2) is 11.5 Å². The maximum atomic E-state index is 5.48. The molecule has 2 nitrogen and oxygen atoms in total. The Bertz CT molecular complexity index is 472. The molecule has 1 aromatic rings. The molecule has 0 N–H and O–H groups in total. The van der Waals surface area contributed by atoms with Crippen LogP contribution in [0, 0.1) is 10.8 Å². The second-order valence-corrected chi connectivity index (χ2v) is 6.44. The molecule has 0 amide bonds. The van der Waals surface area contributed by atoms with Gasteiger partial charge in [-0.3, -0.25) is 0 Å². The summed E-state index contributed by atoms with van der Waals surface area (Å²) in [6.07, 6.45) is 0. The second kappa shape index (κ2) is 2.80. The fraction of sp³-hybridized carbons (Fsp3) is 0.600. The average Bonchev–Trinajstić information content (AvgIpc) is 2.67. The van der Waals surface area contributed by atoms with E-state index in [0.717, 1.165) is 11.5 Å². The molecule has 0 atom stereocenters. The largest absolute Gasteiger partial charge is 0.454 e. The molecule has 0 bridgehead atoms. The van der Waals surface area contributed by atoms with Crippen LogP contribution in [0.3, 0.4) is 0 Å². The fourth-order valence-electron chi connectivity index (χ4n) is 3.52. The second-order valence-electron chi connectivity index (χ2n) is 6.44. The van der Waals surface area contributed by atoms with Crippen molar-refractivity contribution in [2.24, 2.45) is 10.8 Å². The lowest BCUT2D eigenvalue weighted by atomic mass is 9.88. The van der Waals surface area contributed by atoms with Crippen LogP contribution in [0.25, 0.3) is 0 Å². The van der Waals surface area contributed by atoms with E-state index in [0.29, 0.717) is 17.6 Å². The molecular weight excluding hydrogens is 212 g/mol. The van der Waals surface area contributed by atoms with E-state index in [2.05, 4.69) is 46.8 Å². The Hall–Kier alpha value is -1.18. The quantitative estimate of drug-likeness (QED) is 0.734. The summed E-state index contributed by atoms with van der Waals surface area (Å²) in [6, 6.07) is 6.37. The molecule has 1 aliphatic heterocycles. The molecule has 1 fully saturated rings. The molecule has 92 valence electrons. The zero-order valence-electron chi connectivity index (χ0n) is 11.3. The van der Waals surface area contributed by atoms with Gasteiger partial charge in [0, 0.05) is 5.41 Å². The summed E-state index contributed by atoms with van der Waals surface area (Å²) >= 11 is 0. The van der Waals surface area contributed by atoms with Gasteiger partial charge in [-0.05, 0) is 28.5 Å². The minimum absolute atomic E-state index is 0.209. The number of benzene rings is 1. The van der Waals surface area contributed by atoms with E-state index in [-0.39, 0.29) is 5.41 Å². The summed E-state index contributed by atoms with van der Waals surface area (Å²) in [5.74, 6) is 1.76. The molecule has 1 saturated carbocycles. The maximum Gasteiger partial charge on any atom is 0.231 e. The van der Waals surface area contributed by atoms with Crippen molar-refractivity contribution >= 4 is 0 Å². The Morgan fingerprint density at radius 1 is 0.882 bits per heavy atom. The molecule has 0 unspecified atom stereocenters. The first-order valence-corrected chi connectivity index (χ1v) is 6.22. The number of ether oxygens (including phenoxy) is 2. The van der Waals surface area contributed by atoms with Gasteiger partial charge in [-0.2, -0.15) is 0 Å². The minimum atomic E-state index is 0.209. The number of hydrogen-bond donors (Lipinski definition) is 0. The standard InChI is InChI=1S/C15H20O2/c1-13(2)14(3,4)15(13,5)10-6-7-11-12(8-10)17-9-16-11/h6-8H,9H2,1-5H3. The first-order chi connectivity index (χ1) is 7.82. The molecule has 1 aromatic carbocycles. The Balaban J connectivity index is 2.07. The van der Waals surface area contributed by atoms with E-state index in [1.165, 1.54) is 5.56 Å². The molecule has 2 heteroatoms. The predicted molar refractivity (Wildman–Crippen MR) is 67.5 cm³/mol. The highest BCUT2D eigenvalue weighted by Crippen LogP contribution is 2.77. The third-order valence-electron chi connectivity index (χ3n) is 5.95. The lowest BCUT2D eigenvalue weighted by molar-refractivity contribution is 0.174. The zero-order chi connectivity index (χ0) is 12.5. The van der Waals surface area contributed by atoms with Crippen LogP contribution in [0.5, 0.6) is 11.5 Å². The van der Waals surface area contributed by atoms with Crippen LogP contribution >= 0.6 is 0 Å². The van der Waals surface area contributed by atoms with E-state index < -0.39 is 0 Å². The van der Waals surface area contributed by atoms with E-state index in [1.54, 1.807) is 0 Å². The lowest BCUT2D eigenvalue weighted by Crippen LogP contribution is -2.11. The van der Waals surface area contributed by atoms with Crippen molar-refractivity contribution in [1.82, 2.24) is 0 Å². The van der Waals surface area contributed by atoms with Crippen molar-refractivity contribution in [3.63, 3.8) is 0 Å². The Labute approximate surface area is 103 Å². The van der Waals surface area contributed by atoms with Gasteiger partial charge in [-0.15, -0.1) is 0 Å². The summed E-state index contributed by atoms with van der Waals surface area (Å²) in [6.45, 7) is 12.1. The van der Waals surface area contributed by atoms with Gasteiger partial charge < -0.3 is 9.47 Å². The van der Waals surface area contributed by atoms with Crippen LogP contribution in [0.1, 0.15) is 40.2 Å². The smallest absolute Gasteiger partial charge is 0.231 e. The van der Waals surface area contributed by atoms with Crippen molar-refractivity contribution in [3.05, 3.63) is 23.8 Å². The minimum Gasteiger partial charge on any atom is -0.454 e. The predicted octanol–water partition coefficient (Wildman–Crippen LogP) is 3.74. The summed E-state index contributed by atoms with van der Waals surface area (Å²) in [4.78, 5) is 0. The molecule has 2 aliphatic rings. The SMILES string of the molecule is CC1(C)C(C)(C)C1(C)c1ccc2c(c1)OCO2. The highest BCUT2D eigenvalue weighted by molar-refractivity contribution is 5.51. The number of rotatable bonds is 1. The summed E-state index contributed by atoms with van der Waals surface area (Å²) in [5, 5.41) is 0. The topological polar surface area (TPSA) is 18.5 Å². The molecule has 0 aromatic heterocycles. The maximum absolute atomic E-state index is 5.48. The van der Waals surface area contributed by atoms with Crippen molar-refractivity contribution < 1.29 is 9.47 Å². The van der Waals surface area contributed by atoms with Crippen LogP contribution in [0.4, 0.5) is 0 Å². The van der Waals surface area contributed by atoms with Crippen LogP contribution in [-0.2, 0) is 5.41 Å². The van der Waals surface area contributed by atoms with E-state index in [1.807, 2.05) is 6.07 Å². The molecule has 1 heterocycles. The van der Waals surface area contributed by atoms with Crippen LogP contribution in [0.15, 0.2) is 18.2 Å². The van der Waals surface area contributed by atoms with E-state index in [9.17, 15) is 0 Å². The van der Waals surface area contributed by atoms with Crippen molar-refractivity contribution in [3.8, 4) is 11.5 Å². The highest BCUT2D eigenvalue weighted by atomic mass is 16.7. The van der Waals surface area contributed by atoms with Crippen molar-refractivity contribution in [2.45, 2.75) is 40.0 Å². The summed E-state index contributed by atoms with van der Waals surface area (Å²) in [7, 11) is 0. The molecule has 0 spiro atoms. The first-order valence-electron chi connectivity index (χ1n) is 6.22. The van der Waals surface area contributed by atoms with Crippen molar-refractivity contribution in [2.75, 3.05) is 6.79 Å². The highest BCUT2D eigenvalue weighted by Gasteiger charge is 2.74.